The van der Waals surface area contributed by atoms with Crippen LogP contribution >= 0.6 is 0 Å². The van der Waals surface area contributed by atoms with E-state index < -0.39 is 23.6 Å². The van der Waals surface area contributed by atoms with Gasteiger partial charge in [0.25, 0.3) is 11.8 Å². The smallest absolute Gasteiger partial charge is 0.269 e. The average Bonchev–Trinajstić information content (AvgIpc) is 2.69. The van der Waals surface area contributed by atoms with Crippen LogP contribution in [0.4, 0.5) is 0 Å². The van der Waals surface area contributed by atoms with Crippen molar-refractivity contribution in [1.29, 1.82) is 0 Å². The Labute approximate surface area is 149 Å². The third kappa shape index (κ3) is 6.08. The van der Waals surface area contributed by atoms with E-state index in [1.807, 2.05) is 0 Å². The van der Waals surface area contributed by atoms with Gasteiger partial charge < -0.3 is 0 Å². The number of hydrogen-bond donors (Lipinski definition) is 4. The van der Waals surface area contributed by atoms with E-state index in [2.05, 4.69) is 21.7 Å². The van der Waals surface area contributed by atoms with E-state index in [1.54, 1.807) is 60.7 Å². The van der Waals surface area contributed by atoms with Crippen molar-refractivity contribution < 1.29 is 19.2 Å². The first-order valence-corrected chi connectivity index (χ1v) is 7.84. The summed E-state index contributed by atoms with van der Waals surface area (Å²) < 4.78 is 0. The highest BCUT2D eigenvalue weighted by Crippen LogP contribution is 1.98. The lowest BCUT2D eigenvalue weighted by Crippen LogP contribution is -2.44. The van der Waals surface area contributed by atoms with Crippen LogP contribution in [-0.2, 0) is 9.59 Å². The zero-order valence-corrected chi connectivity index (χ0v) is 13.8. The minimum atomic E-state index is -0.529. The van der Waals surface area contributed by atoms with Crippen molar-refractivity contribution in [3.8, 4) is 0 Å². The molecule has 0 aliphatic carbocycles. The summed E-state index contributed by atoms with van der Waals surface area (Å²) in [5.74, 6) is -1.98. The predicted molar refractivity (Wildman–Crippen MR) is 93.3 cm³/mol. The molecule has 0 spiro atoms. The third-order valence-electron chi connectivity index (χ3n) is 3.28. The van der Waals surface area contributed by atoms with Crippen molar-refractivity contribution in [3.05, 3.63) is 71.8 Å². The Morgan fingerprint density at radius 2 is 0.885 bits per heavy atom. The lowest BCUT2D eigenvalue weighted by Gasteiger charge is -2.08. The molecular weight excluding hydrogens is 336 g/mol. The Balaban J connectivity index is 1.65. The molecule has 2 rings (SSSR count). The van der Waals surface area contributed by atoms with Gasteiger partial charge >= 0.3 is 0 Å². The van der Waals surface area contributed by atoms with Crippen LogP contribution in [0, 0.1) is 0 Å². The van der Waals surface area contributed by atoms with Crippen molar-refractivity contribution in [3.63, 3.8) is 0 Å². The second-order valence-electron chi connectivity index (χ2n) is 5.24. The van der Waals surface area contributed by atoms with E-state index in [0.717, 1.165) is 0 Å². The fourth-order valence-corrected chi connectivity index (χ4v) is 1.93. The van der Waals surface area contributed by atoms with Gasteiger partial charge in [0.2, 0.25) is 11.8 Å². The van der Waals surface area contributed by atoms with E-state index in [0.29, 0.717) is 11.1 Å². The molecule has 0 unspecified atom stereocenters. The van der Waals surface area contributed by atoms with Crippen molar-refractivity contribution >= 4 is 23.6 Å². The molecule has 26 heavy (non-hydrogen) atoms. The van der Waals surface area contributed by atoms with Gasteiger partial charge in [0.05, 0.1) is 0 Å². The summed E-state index contributed by atoms with van der Waals surface area (Å²) in [5, 5.41) is 0. The van der Waals surface area contributed by atoms with Crippen LogP contribution in [0.1, 0.15) is 33.6 Å². The molecule has 0 fully saturated rings. The van der Waals surface area contributed by atoms with Gasteiger partial charge in [0, 0.05) is 24.0 Å². The standard InChI is InChI=1S/C18H18N4O4/c23-15(19-21-17(25)13-7-3-1-4-8-13)11-12-16(24)20-22-18(26)14-9-5-2-6-10-14/h1-10H,11-12H2,(H,19,23)(H,20,24)(H,21,25)(H,22,26). The highest BCUT2D eigenvalue weighted by atomic mass is 16.2. The van der Waals surface area contributed by atoms with Crippen LogP contribution in [0.25, 0.3) is 0 Å². The van der Waals surface area contributed by atoms with E-state index in [-0.39, 0.29) is 12.8 Å². The Hall–Kier alpha value is -3.68. The fourth-order valence-electron chi connectivity index (χ4n) is 1.93. The van der Waals surface area contributed by atoms with E-state index in [1.165, 1.54) is 0 Å². The summed E-state index contributed by atoms with van der Waals surface area (Å²) in [6.45, 7) is 0. The van der Waals surface area contributed by atoms with Gasteiger partial charge in [-0.05, 0) is 24.3 Å². The molecule has 0 aliphatic rings. The molecule has 0 heterocycles. The average molecular weight is 354 g/mol. The topological polar surface area (TPSA) is 116 Å². The Bertz CT molecular complexity index is 711. The SMILES string of the molecule is O=C(CCC(=O)NNC(=O)c1ccccc1)NNC(=O)c1ccccc1. The molecule has 0 aliphatic heterocycles. The molecule has 8 heteroatoms. The Kier molecular flexibility index (Phi) is 6.87. The second-order valence-corrected chi connectivity index (χ2v) is 5.24. The summed E-state index contributed by atoms with van der Waals surface area (Å²) in [7, 11) is 0. The quantitative estimate of drug-likeness (QED) is 0.591. The number of hydrazine groups is 2. The summed E-state index contributed by atoms with van der Waals surface area (Å²) in [6, 6.07) is 16.7. The van der Waals surface area contributed by atoms with Gasteiger partial charge in [0.15, 0.2) is 0 Å². The lowest BCUT2D eigenvalue weighted by atomic mass is 10.2. The van der Waals surface area contributed by atoms with Gasteiger partial charge in [-0.2, -0.15) is 0 Å². The van der Waals surface area contributed by atoms with Crippen LogP contribution in [0.5, 0.6) is 0 Å². The molecule has 4 N–H and O–H groups in total. The van der Waals surface area contributed by atoms with Crippen LogP contribution in [-0.4, -0.2) is 23.6 Å². The first-order chi connectivity index (χ1) is 12.6. The van der Waals surface area contributed by atoms with Crippen LogP contribution in [0.3, 0.4) is 0 Å². The molecule has 0 aromatic heterocycles. The van der Waals surface area contributed by atoms with Crippen molar-refractivity contribution in [2.24, 2.45) is 0 Å². The lowest BCUT2D eigenvalue weighted by molar-refractivity contribution is -0.127. The zero-order valence-electron chi connectivity index (χ0n) is 13.8. The largest absolute Gasteiger partial charge is 0.273 e. The fraction of sp³-hybridized carbons (Fsp3) is 0.111. The third-order valence-corrected chi connectivity index (χ3v) is 3.28. The molecule has 0 bridgehead atoms. The summed E-state index contributed by atoms with van der Waals surface area (Å²) in [4.78, 5) is 46.8. The van der Waals surface area contributed by atoms with E-state index >= 15 is 0 Å². The molecule has 8 nitrogen and oxygen atoms in total. The number of amides is 4. The number of rotatable bonds is 5. The summed E-state index contributed by atoms with van der Waals surface area (Å²) >= 11 is 0. The summed E-state index contributed by atoms with van der Waals surface area (Å²) in [5.41, 5.74) is 9.75. The Morgan fingerprint density at radius 1 is 0.538 bits per heavy atom. The van der Waals surface area contributed by atoms with E-state index in [4.69, 9.17) is 0 Å². The monoisotopic (exact) mass is 354 g/mol. The minimum absolute atomic E-state index is 0.151. The molecule has 0 atom stereocenters. The van der Waals surface area contributed by atoms with Crippen molar-refractivity contribution in [2.75, 3.05) is 0 Å². The minimum Gasteiger partial charge on any atom is -0.273 e. The van der Waals surface area contributed by atoms with Gasteiger partial charge in [-0.15, -0.1) is 0 Å². The Morgan fingerprint density at radius 3 is 1.23 bits per heavy atom. The summed E-state index contributed by atoms with van der Waals surface area (Å²) in [6.07, 6.45) is -0.301. The normalized spacial score (nSPS) is 9.69. The number of benzene rings is 2. The maximum Gasteiger partial charge on any atom is 0.269 e. The second kappa shape index (κ2) is 9.58. The van der Waals surface area contributed by atoms with Crippen molar-refractivity contribution in [2.45, 2.75) is 12.8 Å². The van der Waals surface area contributed by atoms with Crippen LogP contribution in [0.2, 0.25) is 0 Å². The molecule has 0 saturated heterocycles. The molecule has 0 radical (unpaired) electrons. The van der Waals surface area contributed by atoms with Gasteiger partial charge in [0.1, 0.15) is 0 Å². The maximum absolute atomic E-state index is 11.7. The number of carbonyl (C=O) groups is 4. The number of carbonyl (C=O) groups excluding carboxylic acids is 4. The first-order valence-electron chi connectivity index (χ1n) is 7.84. The maximum atomic E-state index is 11.7. The van der Waals surface area contributed by atoms with Crippen LogP contribution < -0.4 is 21.7 Å². The molecular formula is C18H18N4O4. The van der Waals surface area contributed by atoms with E-state index in [9.17, 15) is 19.2 Å². The molecule has 4 amide bonds. The van der Waals surface area contributed by atoms with Gasteiger partial charge in [-0.1, -0.05) is 36.4 Å². The highest BCUT2D eigenvalue weighted by molar-refractivity contribution is 5.96. The predicted octanol–water partition coefficient (Wildman–Crippen LogP) is 0.689. The molecule has 0 saturated carbocycles. The number of hydrogen-bond acceptors (Lipinski definition) is 4. The van der Waals surface area contributed by atoms with Crippen molar-refractivity contribution in [1.82, 2.24) is 21.7 Å². The van der Waals surface area contributed by atoms with Gasteiger partial charge in [-0.3, -0.25) is 40.9 Å². The highest BCUT2D eigenvalue weighted by Gasteiger charge is 2.10. The number of nitrogens with one attached hydrogen (secondary N) is 4. The molecule has 2 aromatic carbocycles. The van der Waals surface area contributed by atoms with Crippen LogP contribution in [0.15, 0.2) is 60.7 Å². The first kappa shape index (κ1) is 18.7. The van der Waals surface area contributed by atoms with Gasteiger partial charge in [-0.25, -0.2) is 0 Å². The molecule has 134 valence electrons. The zero-order chi connectivity index (χ0) is 18.8. The molecule has 2 aromatic rings.